The summed E-state index contributed by atoms with van der Waals surface area (Å²) in [6.07, 6.45) is 6.17. The minimum Gasteiger partial charge on any atom is -0.167 e. The van der Waals surface area contributed by atoms with Crippen molar-refractivity contribution in [1.29, 1.82) is 0 Å². The second kappa shape index (κ2) is 3.02. The summed E-state index contributed by atoms with van der Waals surface area (Å²) in [5.74, 6) is 0. The monoisotopic (exact) mass is 170 g/mol. The molecule has 0 amide bonds. The Kier molecular flexibility index (Phi) is 1.85. The van der Waals surface area contributed by atoms with Crippen LogP contribution in [0.4, 0.5) is 0 Å². The van der Waals surface area contributed by atoms with Gasteiger partial charge in [-0.1, -0.05) is 12.7 Å². The number of hydrogen-bond donors (Lipinski definition) is 0. The normalized spacial score (nSPS) is 12.2. The quantitative estimate of drug-likeness (QED) is 0.511. The van der Waals surface area contributed by atoms with Crippen LogP contribution in [0.3, 0.4) is 0 Å². The maximum atomic E-state index is 4.00. The van der Waals surface area contributed by atoms with E-state index in [1.807, 2.05) is 37.5 Å². The Morgan fingerprint density at radius 2 is 2.08 bits per heavy atom. The average Bonchev–Trinajstić information content (AvgIpc) is 2.18. The maximum Gasteiger partial charge on any atom is 0.218 e. The van der Waals surface area contributed by atoms with Crippen molar-refractivity contribution in [3.8, 4) is 0 Å². The van der Waals surface area contributed by atoms with Gasteiger partial charge in [-0.3, -0.25) is 0 Å². The largest absolute Gasteiger partial charge is 0.218 e. The molecule has 0 N–H and O–H groups in total. The van der Waals surface area contributed by atoms with E-state index in [1.165, 1.54) is 10.7 Å². The Bertz CT molecular complexity index is 541. The Hall–Kier alpha value is -1.63. The van der Waals surface area contributed by atoms with Crippen LogP contribution in [0.25, 0.3) is 18.2 Å². The van der Waals surface area contributed by atoms with Crippen molar-refractivity contribution < 1.29 is 4.40 Å². The van der Waals surface area contributed by atoms with Crippen molar-refractivity contribution >= 4 is 18.2 Å². The van der Waals surface area contributed by atoms with Crippen LogP contribution in [0.2, 0.25) is 0 Å². The van der Waals surface area contributed by atoms with Gasteiger partial charge in [-0.05, 0) is 18.2 Å². The van der Waals surface area contributed by atoms with Gasteiger partial charge in [0.15, 0.2) is 12.4 Å². The van der Waals surface area contributed by atoms with Crippen molar-refractivity contribution in [1.82, 2.24) is 0 Å². The van der Waals surface area contributed by atoms with Crippen molar-refractivity contribution in [3.63, 3.8) is 0 Å². The third-order valence-corrected chi connectivity index (χ3v) is 2.24. The van der Waals surface area contributed by atoms with E-state index in [4.69, 9.17) is 0 Å². The summed E-state index contributed by atoms with van der Waals surface area (Å²) in [5.41, 5.74) is 1.21. The van der Waals surface area contributed by atoms with Crippen molar-refractivity contribution in [2.75, 3.05) is 0 Å². The summed E-state index contributed by atoms with van der Waals surface area (Å²) < 4.78 is 2.10. The topological polar surface area (TPSA) is 4.10 Å². The Labute approximate surface area is 77.3 Å². The number of aromatic nitrogens is 1. The van der Waals surface area contributed by atoms with Crippen molar-refractivity contribution in [2.24, 2.45) is 0 Å². The van der Waals surface area contributed by atoms with E-state index in [0.29, 0.717) is 0 Å². The third-order valence-electron chi connectivity index (χ3n) is 2.24. The zero-order valence-corrected chi connectivity index (χ0v) is 7.70. The van der Waals surface area contributed by atoms with E-state index >= 15 is 0 Å². The lowest BCUT2D eigenvalue weighted by molar-refractivity contribution is -0.512. The molecule has 2 heterocycles. The lowest BCUT2D eigenvalue weighted by atomic mass is 10.2. The molecule has 0 aliphatic heterocycles. The molecule has 0 radical (unpaired) electrons. The molecule has 13 heavy (non-hydrogen) atoms. The van der Waals surface area contributed by atoms with Gasteiger partial charge in [0, 0.05) is 23.4 Å². The zero-order valence-electron chi connectivity index (χ0n) is 7.70. The highest BCUT2D eigenvalue weighted by atomic mass is 14.8. The first-order chi connectivity index (χ1) is 6.33. The lowest BCUT2D eigenvalue weighted by Crippen LogP contribution is -2.35. The zero-order chi connectivity index (χ0) is 9.26. The number of nitrogens with zero attached hydrogens (tertiary/aromatic N) is 1. The molecule has 0 spiro atoms. The third kappa shape index (κ3) is 1.22. The second-order valence-corrected chi connectivity index (χ2v) is 3.04. The molecule has 0 saturated carbocycles. The molecule has 0 unspecified atom stereocenters. The summed E-state index contributed by atoms with van der Waals surface area (Å²) in [6.45, 7) is 6.04. The van der Waals surface area contributed by atoms with Gasteiger partial charge in [0.2, 0.25) is 5.52 Å². The molecule has 1 heteroatoms. The Balaban J connectivity index is 3.11. The molecule has 0 fully saturated rings. The number of fused-ring (bicyclic) bond motifs is 1. The first-order valence-electron chi connectivity index (χ1n) is 4.37. The molecule has 2 rings (SSSR count). The van der Waals surface area contributed by atoms with Crippen LogP contribution < -0.4 is 14.8 Å². The van der Waals surface area contributed by atoms with Gasteiger partial charge in [0.05, 0.1) is 0 Å². The average molecular weight is 170 g/mol. The van der Waals surface area contributed by atoms with Crippen LogP contribution in [-0.4, -0.2) is 0 Å². The molecule has 0 bridgehead atoms. The van der Waals surface area contributed by atoms with Gasteiger partial charge in [-0.15, -0.1) is 0 Å². The maximum absolute atomic E-state index is 4.00. The van der Waals surface area contributed by atoms with Gasteiger partial charge >= 0.3 is 0 Å². The summed E-state index contributed by atoms with van der Waals surface area (Å²) in [4.78, 5) is 0. The fraction of sp³-hybridized carbons (Fsp3) is 0.0833. The number of rotatable bonds is 0. The van der Waals surface area contributed by atoms with Crippen LogP contribution in [0, 0.1) is 0 Å². The van der Waals surface area contributed by atoms with Gasteiger partial charge in [-0.2, -0.15) is 4.40 Å². The highest BCUT2D eigenvalue weighted by Gasteiger charge is 2.00. The molecule has 0 aromatic carbocycles. The molecule has 2 aromatic rings. The van der Waals surface area contributed by atoms with E-state index in [9.17, 15) is 0 Å². The van der Waals surface area contributed by atoms with Gasteiger partial charge in [0.1, 0.15) is 0 Å². The first-order valence-corrected chi connectivity index (χ1v) is 4.37. The van der Waals surface area contributed by atoms with E-state index in [0.717, 1.165) is 5.22 Å². The summed E-state index contributed by atoms with van der Waals surface area (Å²) in [6, 6.07) is 8.20. The fourth-order valence-corrected chi connectivity index (χ4v) is 1.57. The number of pyridine rings is 2. The van der Waals surface area contributed by atoms with Gasteiger partial charge in [0.25, 0.3) is 0 Å². The molecule has 0 aliphatic rings. The van der Waals surface area contributed by atoms with Gasteiger partial charge < -0.3 is 0 Å². The Morgan fingerprint density at radius 1 is 1.23 bits per heavy atom. The van der Waals surface area contributed by atoms with Gasteiger partial charge in [-0.25, -0.2) is 0 Å². The van der Waals surface area contributed by atoms with Crippen molar-refractivity contribution in [2.45, 2.75) is 6.92 Å². The lowest BCUT2D eigenvalue weighted by Gasteiger charge is -1.91. The van der Waals surface area contributed by atoms with Crippen LogP contribution in [0.15, 0.2) is 36.7 Å². The van der Waals surface area contributed by atoms with Crippen molar-refractivity contribution in [3.05, 3.63) is 47.1 Å². The molecule has 1 nitrogen and oxygen atoms in total. The minimum atomic E-state index is 1.08. The summed E-state index contributed by atoms with van der Waals surface area (Å²) >= 11 is 0. The van der Waals surface area contributed by atoms with Crippen LogP contribution in [-0.2, 0) is 0 Å². The van der Waals surface area contributed by atoms with E-state index in [1.54, 1.807) is 0 Å². The number of hydrogen-bond acceptors (Lipinski definition) is 0. The minimum absolute atomic E-state index is 1.08. The summed E-state index contributed by atoms with van der Waals surface area (Å²) in [7, 11) is 0. The van der Waals surface area contributed by atoms with Crippen LogP contribution in [0.1, 0.15) is 6.92 Å². The smallest absolute Gasteiger partial charge is 0.167 e. The standard InChI is InChI=1S/C12H12N/c1-3-11-10(2)7-9-13-8-5-4-6-12(11)13/h3-9H,2H2,1H3/q+1/b11-3+. The van der Waals surface area contributed by atoms with E-state index < -0.39 is 0 Å². The molecule has 2 aromatic heterocycles. The van der Waals surface area contributed by atoms with E-state index in [2.05, 4.69) is 23.1 Å². The summed E-state index contributed by atoms with van der Waals surface area (Å²) in [5, 5.41) is 2.29. The SMILES string of the molecule is C=c1cc[n+]2ccccc2/c1=C/C. The van der Waals surface area contributed by atoms with Crippen LogP contribution in [0.5, 0.6) is 0 Å². The predicted molar refractivity (Wildman–Crippen MR) is 54.5 cm³/mol. The van der Waals surface area contributed by atoms with E-state index in [-0.39, 0.29) is 0 Å². The second-order valence-electron chi connectivity index (χ2n) is 3.04. The molecule has 0 atom stereocenters. The molecular formula is C12H12N+. The van der Waals surface area contributed by atoms with Crippen LogP contribution >= 0.6 is 0 Å². The Morgan fingerprint density at radius 3 is 2.85 bits per heavy atom. The first kappa shape index (κ1) is 7.99. The molecule has 0 saturated heterocycles. The molecule has 0 aliphatic carbocycles. The predicted octanol–water partition coefficient (Wildman–Crippen LogP) is 0.636. The highest BCUT2D eigenvalue weighted by Crippen LogP contribution is 1.84. The highest BCUT2D eigenvalue weighted by molar-refractivity contribution is 5.45. The molecule has 64 valence electrons. The fourth-order valence-electron chi connectivity index (χ4n) is 1.57. The molecular weight excluding hydrogens is 158 g/mol.